The molecule has 0 saturated carbocycles. The maximum atomic E-state index is 5.83. The van der Waals surface area contributed by atoms with E-state index in [1.54, 1.807) is 6.33 Å². The second-order valence-corrected chi connectivity index (χ2v) is 4.25. The zero-order chi connectivity index (χ0) is 12.5. The minimum atomic E-state index is 0.709. The molecule has 0 aliphatic carbocycles. The lowest BCUT2D eigenvalue weighted by Crippen LogP contribution is -2.08. The van der Waals surface area contributed by atoms with Crippen molar-refractivity contribution in [1.82, 2.24) is 19.3 Å². The molecule has 0 bridgehead atoms. The van der Waals surface area contributed by atoms with E-state index in [0.717, 1.165) is 23.6 Å². The molecule has 0 fully saturated rings. The van der Waals surface area contributed by atoms with Gasteiger partial charge in [-0.15, -0.1) is 0 Å². The molecular weight excluding hydrogens is 226 g/mol. The van der Waals surface area contributed by atoms with E-state index in [1.165, 1.54) is 5.39 Å². The highest BCUT2D eigenvalue weighted by Gasteiger charge is 2.06. The number of fused-ring (bicyclic) bond motifs is 1. The lowest BCUT2D eigenvalue weighted by molar-refractivity contribution is 0.597. The SMILES string of the molecule is CCn1ncnc1Cn1ccc2ccc(N)cc21. The van der Waals surface area contributed by atoms with Gasteiger partial charge in [0.25, 0.3) is 0 Å². The van der Waals surface area contributed by atoms with Crippen LogP contribution in [0.1, 0.15) is 12.7 Å². The lowest BCUT2D eigenvalue weighted by Gasteiger charge is -2.06. The third-order valence-electron chi connectivity index (χ3n) is 3.10. The number of hydrogen-bond donors (Lipinski definition) is 1. The second-order valence-electron chi connectivity index (χ2n) is 4.25. The van der Waals surface area contributed by atoms with Crippen LogP contribution in [0.25, 0.3) is 10.9 Å². The maximum absolute atomic E-state index is 5.83. The summed E-state index contributed by atoms with van der Waals surface area (Å²) in [5, 5.41) is 5.37. The van der Waals surface area contributed by atoms with Gasteiger partial charge in [-0.2, -0.15) is 5.10 Å². The van der Waals surface area contributed by atoms with Gasteiger partial charge in [-0.1, -0.05) is 6.07 Å². The van der Waals surface area contributed by atoms with Gasteiger partial charge in [0.15, 0.2) is 0 Å². The van der Waals surface area contributed by atoms with E-state index in [-0.39, 0.29) is 0 Å². The summed E-state index contributed by atoms with van der Waals surface area (Å²) >= 11 is 0. The summed E-state index contributed by atoms with van der Waals surface area (Å²) in [6.07, 6.45) is 3.65. The van der Waals surface area contributed by atoms with Crippen LogP contribution < -0.4 is 5.73 Å². The summed E-state index contributed by atoms with van der Waals surface area (Å²) in [7, 11) is 0. The molecule has 0 aliphatic heterocycles. The van der Waals surface area contributed by atoms with Gasteiger partial charge in [-0.25, -0.2) is 9.67 Å². The van der Waals surface area contributed by atoms with Crippen molar-refractivity contribution in [2.75, 3.05) is 5.73 Å². The molecule has 2 N–H and O–H groups in total. The number of benzene rings is 1. The van der Waals surface area contributed by atoms with Crippen molar-refractivity contribution >= 4 is 16.6 Å². The Balaban J connectivity index is 2.02. The first kappa shape index (κ1) is 10.8. The van der Waals surface area contributed by atoms with Gasteiger partial charge in [0, 0.05) is 18.4 Å². The number of anilines is 1. The molecule has 3 aromatic rings. The van der Waals surface area contributed by atoms with E-state index < -0.39 is 0 Å². The molecule has 2 heterocycles. The van der Waals surface area contributed by atoms with Gasteiger partial charge in [-0.05, 0) is 30.5 Å². The minimum Gasteiger partial charge on any atom is -0.399 e. The number of nitrogens with zero attached hydrogens (tertiary/aromatic N) is 4. The Hall–Kier alpha value is -2.30. The molecular formula is C13H15N5. The monoisotopic (exact) mass is 241 g/mol. The van der Waals surface area contributed by atoms with Crippen LogP contribution in [0.15, 0.2) is 36.8 Å². The molecule has 92 valence electrons. The molecule has 18 heavy (non-hydrogen) atoms. The van der Waals surface area contributed by atoms with E-state index in [2.05, 4.69) is 33.8 Å². The molecule has 0 amide bonds. The van der Waals surface area contributed by atoms with Crippen molar-refractivity contribution in [3.05, 3.63) is 42.6 Å². The fourth-order valence-corrected chi connectivity index (χ4v) is 2.17. The van der Waals surface area contributed by atoms with E-state index in [0.29, 0.717) is 6.54 Å². The zero-order valence-corrected chi connectivity index (χ0v) is 10.2. The standard InChI is InChI=1S/C13H15N5/c1-2-18-13(15-9-16-18)8-17-6-5-10-3-4-11(14)7-12(10)17/h3-7,9H,2,8,14H2,1H3. The van der Waals surface area contributed by atoms with Gasteiger partial charge in [0.1, 0.15) is 12.2 Å². The summed E-state index contributed by atoms with van der Waals surface area (Å²) < 4.78 is 4.04. The van der Waals surface area contributed by atoms with Crippen LogP contribution in [0.5, 0.6) is 0 Å². The highest BCUT2D eigenvalue weighted by molar-refractivity contribution is 5.83. The van der Waals surface area contributed by atoms with Crippen LogP contribution in [0, 0.1) is 0 Å². The number of nitrogens with two attached hydrogens (primary N) is 1. The van der Waals surface area contributed by atoms with Crippen LogP contribution in [0.4, 0.5) is 5.69 Å². The Kier molecular flexibility index (Phi) is 2.51. The molecule has 5 heteroatoms. The largest absolute Gasteiger partial charge is 0.399 e. The minimum absolute atomic E-state index is 0.709. The number of aryl methyl sites for hydroxylation is 1. The summed E-state index contributed by atoms with van der Waals surface area (Å²) in [6, 6.07) is 8.02. The van der Waals surface area contributed by atoms with Crippen molar-refractivity contribution in [2.24, 2.45) is 0 Å². The summed E-state index contributed by atoms with van der Waals surface area (Å²) in [5.74, 6) is 0.956. The average molecular weight is 241 g/mol. The lowest BCUT2D eigenvalue weighted by atomic mass is 10.2. The molecule has 0 aliphatic rings. The fourth-order valence-electron chi connectivity index (χ4n) is 2.17. The number of rotatable bonds is 3. The Bertz CT molecular complexity index is 680. The van der Waals surface area contributed by atoms with E-state index >= 15 is 0 Å². The molecule has 0 atom stereocenters. The van der Waals surface area contributed by atoms with Crippen LogP contribution in [-0.2, 0) is 13.1 Å². The van der Waals surface area contributed by atoms with Crippen LogP contribution in [0.2, 0.25) is 0 Å². The normalized spacial score (nSPS) is 11.2. The fraction of sp³-hybridized carbons (Fsp3) is 0.231. The second kappa shape index (κ2) is 4.18. The predicted octanol–water partition coefficient (Wildman–Crippen LogP) is 1.88. The Labute approximate surface area is 105 Å². The van der Waals surface area contributed by atoms with Crippen molar-refractivity contribution in [3.63, 3.8) is 0 Å². The first-order valence-corrected chi connectivity index (χ1v) is 5.99. The van der Waals surface area contributed by atoms with Crippen LogP contribution in [0.3, 0.4) is 0 Å². The first-order chi connectivity index (χ1) is 8.78. The molecule has 2 aromatic heterocycles. The molecule has 0 saturated heterocycles. The van der Waals surface area contributed by atoms with Gasteiger partial charge in [-0.3, -0.25) is 0 Å². The average Bonchev–Trinajstić information content (AvgIpc) is 2.97. The number of hydrogen-bond acceptors (Lipinski definition) is 3. The highest BCUT2D eigenvalue weighted by Crippen LogP contribution is 2.19. The van der Waals surface area contributed by atoms with Gasteiger partial charge in [0.2, 0.25) is 0 Å². The zero-order valence-electron chi connectivity index (χ0n) is 10.2. The summed E-state index contributed by atoms with van der Waals surface area (Å²) in [4.78, 5) is 4.29. The summed E-state index contributed by atoms with van der Waals surface area (Å²) in [5.41, 5.74) is 7.74. The predicted molar refractivity (Wildman–Crippen MR) is 71.1 cm³/mol. The molecule has 1 aromatic carbocycles. The number of nitrogen functional groups attached to an aromatic ring is 1. The Morgan fingerprint density at radius 2 is 2.17 bits per heavy atom. The van der Waals surface area contributed by atoms with Gasteiger partial charge in [0.05, 0.1) is 12.1 Å². The van der Waals surface area contributed by atoms with Crippen molar-refractivity contribution < 1.29 is 0 Å². The van der Waals surface area contributed by atoms with Crippen LogP contribution >= 0.6 is 0 Å². The molecule has 0 radical (unpaired) electrons. The maximum Gasteiger partial charge on any atom is 0.146 e. The summed E-state index contributed by atoms with van der Waals surface area (Å²) in [6.45, 7) is 3.60. The molecule has 0 unspecified atom stereocenters. The Morgan fingerprint density at radius 3 is 3.00 bits per heavy atom. The van der Waals surface area contributed by atoms with Crippen molar-refractivity contribution in [2.45, 2.75) is 20.0 Å². The molecule has 5 nitrogen and oxygen atoms in total. The smallest absolute Gasteiger partial charge is 0.146 e. The molecule has 0 spiro atoms. The van der Waals surface area contributed by atoms with E-state index in [4.69, 9.17) is 5.73 Å². The van der Waals surface area contributed by atoms with Gasteiger partial charge < -0.3 is 10.3 Å². The van der Waals surface area contributed by atoms with E-state index in [1.807, 2.05) is 22.9 Å². The Morgan fingerprint density at radius 1 is 1.28 bits per heavy atom. The van der Waals surface area contributed by atoms with E-state index in [9.17, 15) is 0 Å². The molecule has 3 rings (SSSR count). The number of aromatic nitrogens is 4. The van der Waals surface area contributed by atoms with Gasteiger partial charge >= 0.3 is 0 Å². The van der Waals surface area contributed by atoms with Crippen molar-refractivity contribution in [1.29, 1.82) is 0 Å². The topological polar surface area (TPSA) is 61.7 Å². The first-order valence-electron chi connectivity index (χ1n) is 5.99. The highest BCUT2D eigenvalue weighted by atomic mass is 15.3. The third-order valence-corrected chi connectivity index (χ3v) is 3.10. The van der Waals surface area contributed by atoms with Crippen LogP contribution in [-0.4, -0.2) is 19.3 Å². The quantitative estimate of drug-likeness (QED) is 0.712. The third kappa shape index (κ3) is 1.73. The van der Waals surface area contributed by atoms with Crippen molar-refractivity contribution in [3.8, 4) is 0 Å².